The summed E-state index contributed by atoms with van der Waals surface area (Å²) < 4.78 is 10.3. The molecule has 0 N–H and O–H groups in total. The Morgan fingerprint density at radius 2 is 2.50 bits per heavy atom. The fourth-order valence-electron chi connectivity index (χ4n) is 0.897. The molecule has 0 aromatic heterocycles. The van der Waals surface area contributed by atoms with Crippen molar-refractivity contribution < 1.29 is 13.6 Å². The highest BCUT2D eigenvalue weighted by Gasteiger charge is 2.11. The van der Waals surface area contributed by atoms with Crippen molar-refractivity contribution in [2.45, 2.75) is 25.5 Å². The minimum Gasteiger partial charge on any atom is -0.465 e. The second-order valence-corrected chi connectivity index (χ2v) is 6.06. The van der Waals surface area contributed by atoms with E-state index in [4.69, 9.17) is 8.85 Å². The van der Waals surface area contributed by atoms with Crippen molar-refractivity contribution in [3.8, 4) is 0 Å². The van der Waals surface area contributed by atoms with Gasteiger partial charge < -0.3 is 8.85 Å². The summed E-state index contributed by atoms with van der Waals surface area (Å²) in [4.78, 5) is 10.8. The van der Waals surface area contributed by atoms with E-state index in [-0.39, 0.29) is 11.7 Å². The van der Waals surface area contributed by atoms with Crippen LogP contribution in [0, 0.1) is 0 Å². The average molecular weight is 204 g/mol. The fraction of sp³-hybridized carbons (Fsp3) is 0.571. The van der Waals surface area contributed by atoms with Crippen molar-refractivity contribution in [2.75, 3.05) is 0 Å². The first-order valence-electron chi connectivity index (χ1n) is 4.06. The smallest absolute Gasteiger partial charge is 0.330 e. The van der Waals surface area contributed by atoms with Crippen molar-refractivity contribution >= 4 is 26.2 Å². The number of carbonyl (C=O) groups is 1. The molecule has 0 aliphatic carbocycles. The number of carbonyl (C=O) groups excluding carboxylic acids is 1. The molecule has 0 aliphatic heterocycles. The van der Waals surface area contributed by atoms with Gasteiger partial charge in [-0.1, -0.05) is 19.9 Å². The minimum atomic E-state index is -0.657. The fourth-order valence-corrected chi connectivity index (χ4v) is 3.19. The maximum atomic E-state index is 10.8. The third kappa shape index (κ3) is 5.28. The van der Waals surface area contributed by atoms with Crippen LogP contribution in [-0.2, 0) is 13.6 Å². The third-order valence-corrected chi connectivity index (χ3v) is 3.69. The van der Waals surface area contributed by atoms with Gasteiger partial charge in [0.1, 0.15) is 16.2 Å². The van der Waals surface area contributed by atoms with Crippen molar-refractivity contribution in [1.82, 2.24) is 0 Å². The van der Waals surface area contributed by atoms with Crippen LogP contribution < -0.4 is 0 Å². The Labute approximate surface area is 78.6 Å². The lowest BCUT2D eigenvalue weighted by Gasteiger charge is -2.14. The van der Waals surface area contributed by atoms with E-state index in [1.54, 1.807) is 0 Å². The van der Waals surface area contributed by atoms with Crippen LogP contribution in [0.3, 0.4) is 0 Å². The molecule has 0 radical (unpaired) electrons. The summed E-state index contributed by atoms with van der Waals surface area (Å²) in [5.41, 5.74) is 0.0398. The van der Waals surface area contributed by atoms with Gasteiger partial charge in [-0.15, -0.1) is 0 Å². The van der Waals surface area contributed by atoms with Crippen LogP contribution in [-0.4, -0.2) is 31.9 Å². The van der Waals surface area contributed by atoms with Gasteiger partial charge in [0.25, 0.3) is 0 Å². The van der Waals surface area contributed by atoms with E-state index in [2.05, 4.69) is 13.5 Å². The van der Waals surface area contributed by atoms with Crippen LogP contribution in [0.1, 0.15) is 19.8 Å². The van der Waals surface area contributed by atoms with Gasteiger partial charge in [0, 0.05) is 6.08 Å². The molecule has 0 aromatic rings. The summed E-state index contributed by atoms with van der Waals surface area (Å²) in [6.07, 6.45) is 3.13. The Balaban J connectivity index is 3.76. The lowest BCUT2D eigenvalue weighted by Crippen LogP contribution is -2.25. The molecule has 1 unspecified atom stereocenters. The number of ether oxygens (including phenoxy) is 1. The van der Waals surface area contributed by atoms with Gasteiger partial charge in [0.15, 0.2) is 9.76 Å². The standard InChI is InChI=1S/C7H16O3Si2/c1-3-5-7(12-10-11)9-6(8)4-2/h4,7H,2-3,5,12H2,1,11H3. The number of hydrogen-bond acceptors (Lipinski definition) is 3. The normalized spacial score (nSPS) is 13.4. The highest BCUT2D eigenvalue weighted by atomic mass is 28.3. The highest BCUT2D eigenvalue weighted by molar-refractivity contribution is 6.36. The van der Waals surface area contributed by atoms with E-state index in [1.807, 2.05) is 0 Å². The Morgan fingerprint density at radius 3 is 2.92 bits per heavy atom. The summed E-state index contributed by atoms with van der Waals surface area (Å²) in [7, 11) is 0.0840. The second kappa shape index (κ2) is 7.26. The van der Waals surface area contributed by atoms with Gasteiger partial charge in [-0.25, -0.2) is 4.79 Å². The van der Waals surface area contributed by atoms with Crippen LogP contribution in [0.2, 0.25) is 0 Å². The van der Waals surface area contributed by atoms with Gasteiger partial charge in [-0.2, -0.15) is 0 Å². The first-order chi connectivity index (χ1) is 5.74. The van der Waals surface area contributed by atoms with Crippen LogP contribution in [0.5, 0.6) is 0 Å². The molecule has 0 spiro atoms. The molecule has 1 atom stereocenters. The van der Waals surface area contributed by atoms with Gasteiger partial charge in [0.05, 0.1) is 0 Å². The molecule has 0 bridgehead atoms. The third-order valence-electron chi connectivity index (χ3n) is 1.41. The molecule has 0 amide bonds. The topological polar surface area (TPSA) is 35.5 Å². The number of rotatable bonds is 6. The lowest BCUT2D eigenvalue weighted by molar-refractivity contribution is -0.140. The van der Waals surface area contributed by atoms with Crippen molar-refractivity contribution in [2.24, 2.45) is 0 Å². The quantitative estimate of drug-likeness (QED) is 0.324. The Morgan fingerprint density at radius 1 is 1.83 bits per heavy atom. The molecule has 0 saturated heterocycles. The van der Waals surface area contributed by atoms with Crippen LogP contribution in [0.15, 0.2) is 12.7 Å². The molecule has 0 heterocycles. The van der Waals surface area contributed by atoms with E-state index < -0.39 is 9.76 Å². The zero-order chi connectivity index (χ0) is 9.40. The van der Waals surface area contributed by atoms with Crippen molar-refractivity contribution in [3.63, 3.8) is 0 Å². The average Bonchev–Trinajstić information content (AvgIpc) is 2.05. The number of hydrogen-bond donors (Lipinski definition) is 0. The van der Waals surface area contributed by atoms with E-state index in [9.17, 15) is 4.79 Å². The number of esters is 1. The molecule has 70 valence electrons. The molecule has 3 nitrogen and oxygen atoms in total. The predicted octanol–water partition coefficient (Wildman–Crippen LogP) is -0.777. The van der Waals surface area contributed by atoms with E-state index in [0.717, 1.165) is 23.3 Å². The zero-order valence-electron chi connectivity index (χ0n) is 7.71. The van der Waals surface area contributed by atoms with E-state index >= 15 is 0 Å². The predicted molar refractivity (Wildman–Crippen MR) is 54.6 cm³/mol. The second-order valence-electron chi connectivity index (χ2n) is 2.51. The highest BCUT2D eigenvalue weighted by Crippen LogP contribution is 2.01. The van der Waals surface area contributed by atoms with E-state index in [0.29, 0.717) is 0 Å². The molecule has 0 fully saturated rings. The molecule has 0 aliphatic rings. The molecular weight excluding hydrogens is 188 g/mol. The molecule has 0 saturated carbocycles. The SMILES string of the molecule is C=CC(=O)OC(CCC)[SiH2]O[SiH3]. The summed E-state index contributed by atoms with van der Waals surface area (Å²) in [5, 5.41) is 0. The van der Waals surface area contributed by atoms with Gasteiger partial charge in [-0.05, 0) is 6.42 Å². The first-order valence-corrected chi connectivity index (χ1v) is 6.27. The van der Waals surface area contributed by atoms with Crippen molar-refractivity contribution in [3.05, 3.63) is 12.7 Å². The monoisotopic (exact) mass is 204 g/mol. The van der Waals surface area contributed by atoms with Gasteiger partial charge in [0.2, 0.25) is 0 Å². The molecule has 12 heavy (non-hydrogen) atoms. The summed E-state index contributed by atoms with van der Waals surface area (Å²) >= 11 is 0. The van der Waals surface area contributed by atoms with Gasteiger partial charge in [-0.3, -0.25) is 0 Å². The molecular formula is C7H16O3Si2. The maximum absolute atomic E-state index is 10.8. The maximum Gasteiger partial charge on any atom is 0.330 e. The summed E-state index contributed by atoms with van der Waals surface area (Å²) in [6.45, 7) is 5.41. The largest absolute Gasteiger partial charge is 0.465 e. The van der Waals surface area contributed by atoms with Crippen LogP contribution >= 0.6 is 0 Å². The minimum absolute atomic E-state index is 0.0398. The summed E-state index contributed by atoms with van der Waals surface area (Å²) in [6, 6.07) is 0. The van der Waals surface area contributed by atoms with E-state index in [1.165, 1.54) is 6.08 Å². The van der Waals surface area contributed by atoms with Crippen molar-refractivity contribution in [1.29, 1.82) is 0 Å². The molecule has 5 heteroatoms. The van der Waals surface area contributed by atoms with Gasteiger partial charge >= 0.3 is 5.97 Å². The molecule has 0 rings (SSSR count). The van der Waals surface area contributed by atoms with Crippen LogP contribution in [0.25, 0.3) is 0 Å². The first kappa shape index (κ1) is 11.6. The Kier molecular flexibility index (Phi) is 7.02. The molecule has 0 aromatic carbocycles. The Hall–Kier alpha value is -0.396. The summed E-state index contributed by atoms with van der Waals surface area (Å²) in [5.74, 6) is -0.334. The zero-order valence-corrected chi connectivity index (χ0v) is 11.1. The lowest BCUT2D eigenvalue weighted by atomic mass is 10.3. The Bertz CT molecular complexity index is 144. The van der Waals surface area contributed by atoms with Crippen LogP contribution in [0.4, 0.5) is 0 Å².